The maximum absolute atomic E-state index is 12.2. The zero-order valence-electron chi connectivity index (χ0n) is 16.0. The van der Waals surface area contributed by atoms with E-state index in [-0.39, 0.29) is 23.5 Å². The smallest absolute Gasteiger partial charge is 0.338 e. The second-order valence-corrected chi connectivity index (χ2v) is 7.41. The molecule has 0 aliphatic heterocycles. The lowest BCUT2D eigenvalue weighted by Gasteiger charge is -2.48. The van der Waals surface area contributed by atoms with E-state index in [1.165, 1.54) is 23.1 Å². The SMILES string of the molecule is CCOC(=O)c1ccc([N+](=O)[O-])c(N(C=O)C2(Cc3ccccc3Cl)CCC2)c1. The Morgan fingerprint density at radius 2 is 2.03 bits per heavy atom. The van der Waals surface area contributed by atoms with Gasteiger partial charge in [0.05, 0.1) is 22.6 Å². The highest BCUT2D eigenvalue weighted by atomic mass is 35.5. The van der Waals surface area contributed by atoms with Crippen molar-refractivity contribution in [1.29, 1.82) is 0 Å². The summed E-state index contributed by atoms with van der Waals surface area (Å²) in [5.74, 6) is -0.594. The van der Waals surface area contributed by atoms with Crippen molar-refractivity contribution in [1.82, 2.24) is 0 Å². The van der Waals surface area contributed by atoms with E-state index in [1.54, 1.807) is 13.0 Å². The van der Waals surface area contributed by atoms with E-state index in [4.69, 9.17) is 16.3 Å². The van der Waals surface area contributed by atoms with Gasteiger partial charge in [0.2, 0.25) is 6.41 Å². The van der Waals surface area contributed by atoms with E-state index in [2.05, 4.69) is 0 Å². The number of hydrogen-bond donors (Lipinski definition) is 0. The molecule has 3 rings (SSSR count). The van der Waals surface area contributed by atoms with Crippen LogP contribution in [0.1, 0.15) is 42.1 Å². The average Bonchev–Trinajstić information content (AvgIpc) is 2.67. The molecule has 1 saturated carbocycles. The van der Waals surface area contributed by atoms with Crippen LogP contribution in [0.15, 0.2) is 42.5 Å². The zero-order valence-corrected chi connectivity index (χ0v) is 16.7. The van der Waals surface area contributed by atoms with Crippen molar-refractivity contribution >= 4 is 35.4 Å². The van der Waals surface area contributed by atoms with E-state index >= 15 is 0 Å². The van der Waals surface area contributed by atoms with Gasteiger partial charge in [0.25, 0.3) is 5.69 Å². The second kappa shape index (κ2) is 8.61. The number of nitro groups is 1. The molecule has 0 atom stereocenters. The Bertz CT molecular complexity index is 942. The molecule has 1 amide bonds. The van der Waals surface area contributed by atoms with Crippen LogP contribution < -0.4 is 4.90 Å². The third-order valence-electron chi connectivity index (χ3n) is 5.32. The van der Waals surface area contributed by atoms with Gasteiger partial charge in [-0.2, -0.15) is 0 Å². The van der Waals surface area contributed by atoms with Crippen LogP contribution in [0.2, 0.25) is 5.02 Å². The molecular formula is C21H21ClN2O5. The fourth-order valence-electron chi connectivity index (χ4n) is 3.72. The Morgan fingerprint density at radius 3 is 2.59 bits per heavy atom. The maximum Gasteiger partial charge on any atom is 0.338 e. The van der Waals surface area contributed by atoms with Crippen molar-refractivity contribution in [2.24, 2.45) is 0 Å². The fraction of sp³-hybridized carbons (Fsp3) is 0.333. The number of benzene rings is 2. The molecule has 0 spiro atoms. The summed E-state index contributed by atoms with van der Waals surface area (Å²) in [5.41, 5.74) is 0.236. The Kier molecular flexibility index (Phi) is 6.17. The van der Waals surface area contributed by atoms with Gasteiger partial charge in [0, 0.05) is 11.1 Å². The number of nitrogens with zero attached hydrogens (tertiary/aromatic N) is 2. The highest BCUT2D eigenvalue weighted by Crippen LogP contribution is 2.45. The average molecular weight is 417 g/mol. The van der Waals surface area contributed by atoms with E-state index in [1.807, 2.05) is 18.2 Å². The molecule has 0 saturated heterocycles. The minimum absolute atomic E-state index is 0.0855. The van der Waals surface area contributed by atoms with Gasteiger partial charge in [-0.1, -0.05) is 29.8 Å². The molecule has 2 aromatic rings. The molecule has 1 aliphatic carbocycles. The fourth-order valence-corrected chi connectivity index (χ4v) is 3.92. The van der Waals surface area contributed by atoms with Crippen LogP contribution in [0.4, 0.5) is 11.4 Å². The van der Waals surface area contributed by atoms with Gasteiger partial charge in [0.15, 0.2) is 0 Å². The van der Waals surface area contributed by atoms with Crippen LogP contribution in [0, 0.1) is 10.1 Å². The molecule has 0 unspecified atom stereocenters. The summed E-state index contributed by atoms with van der Waals surface area (Å²) in [6.45, 7) is 1.86. The van der Waals surface area contributed by atoms with Crippen molar-refractivity contribution in [3.63, 3.8) is 0 Å². The Morgan fingerprint density at radius 1 is 1.31 bits per heavy atom. The number of ether oxygens (including phenoxy) is 1. The zero-order chi connectivity index (χ0) is 21.0. The number of nitro benzene ring substituents is 1. The summed E-state index contributed by atoms with van der Waals surface area (Å²) in [7, 11) is 0. The largest absolute Gasteiger partial charge is 0.462 e. The number of esters is 1. The molecule has 1 fully saturated rings. The Hall–Kier alpha value is -2.93. The number of amides is 1. The number of halogens is 1. The van der Waals surface area contributed by atoms with Gasteiger partial charge in [-0.25, -0.2) is 4.79 Å². The highest BCUT2D eigenvalue weighted by Gasteiger charge is 2.45. The number of hydrogen-bond acceptors (Lipinski definition) is 5. The van der Waals surface area contributed by atoms with Crippen LogP contribution in [0.3, 0.4) is 0 Å². The normalized spacial score (nSPS) is 14.6. The minimum atomic E-state index is -0.634. The summed E-state index contributed by atoms with van der Waals surface area (Å²) in [6, 6.07) is 11.3. The number of carbonyl (C=O) groups is 2. The molecule has 0 heterocycles. The van der Waals surface area contributed by atoms with Crippen LogP contribution >= 0.6 is 11.6 Å². The van der Waals surface area contributed by atoms with Crippen molar-refractivity contribution in [3.05, 3.63) is 68.7 Å². The van der Waals surface area contributed by atoms with Crippen LogP contribution in [0.5, 0.6) is 0 Å². The van der Waals surface area contributed by atoms with Crippen molar-refractivity contribution in [3.8, 4) is 0 Å². The molecule has 0 aromatic heterocycles. The maximum atomic E-state index is 12.2. The summed E-state index contributed by atoms with van der Waals surface area (Å²) < 4.78 is 5.00. The van der Waals surface area contributed by atoms with Gasteiger partial charge in [0.1, 0.15) is 5.69 Å². The molecule has 29 heavy (non-hydrogen) atoms. The molecule has 0 bridgehead atoms. The predicted octanol–water partition coefficient (Wildman–Crippen LogP) is 4.55. The molecule has 7 nitrogen and oxygen atoms in total. The topological polar surface area (TPSA) is 89.8 Å². The predicted molar refractivity (Wildman–Crippen MR) is 109 cm³/mol. The number of carbonyl (C=O) groups excluding carboxylic acids is 2. The van der Waals surface area contributed by atoms with Gasteiger partial charge in [-0.3, -0.25) is 14.9 Å². The van der Waals surface area contributed by atoms with Crippen LogP contribution in [0.25, 0.3) is 0 Å². The summed E-state index contributed by atoms with van der Waals surface area (Å²) in [4.78, 5) is 36.8. The molecular weight excluding hydrogens is 396 g/mol. The first-order chi connectivity index (χ1) is 13.9. The molecule has 2 aromatic carbocycles. The van der Waals surface area contributed by atoms with Crippen LogP contribution in [-0.4, -0.2) is 29.4 Å². The quantitative estimate of drug-likeness (QED) is 0.272. The van der Waals surface area contributed by atoms with Crippen molar-refractivity contribution in [2.75, 3.05) is 11.5 Å². The third kappa shape index (κ3) is 4.10. The van der Waals surface area contributed by atoms with E-state index in [0.29, 0.717) is 30.7 Å². The van der Waals surface area contributed by atoms with Gasteiger partial charge in [-0.05, 0) is 56.4 Å². The first kappa shape index (κ1) is 20.8. The summed E-state index contributed by atoms with van der Waals surface area (Å²) in [6.07, 6.45) is 3.31. The van der Waals surface area contributed by atoms with Gasteiger partial charge >= 0.3 is 5.97 Å². The van der Waals surface area contributed by atoms with Crippen LogP contribution in [-0.2, 0) is 16.0 Å². The summed E-state index contributed by atoms with van der Waals surface area (Å²) in [5, 5.41) is 12.2. The molecule has 0 N–H and O–H groups in total. The van der Waals surface area contributed by atoms with Crippen molar-refractivity contribution < 1.29 is 19.2 Å². The van der Waals surface area contributed by atoms with E-state index in [0.717, 1.165) is 12.0 Å². The first-order valence-corrected chi connectivity index (χ1v) is 9.73. The monoisotopic (exact) mass is 416 g/mol. The van der Waals surface area contributed by atoms with Gasteiger partial charge in [-0.15, -0.1) is 0 Å². The minimum Gasteiger partial charge on any atom is -0.462 e. The van der Waals surface area contributed by atoms with E-state index < -0.39 is 16.4 Å². The molecule has 0 radical (unpaired) electrons. The molecule has 1 aliphatic rings. The standard InChI is InChI=1S/C21H21ClN2O5/c1-2-29-20(26)15-8-9-18(24(27)28)19(12-15)23(14-25)21(10-5-11-21)13-16-6-3-4-7-17(16)22/h3-4,6-9,12,14H,2,5,10-11,13H2,1H3. The van der Waals surface area contributed by atoms with E-state index in [9.17, 15) is 19.7 Å². The molecule has 8 heteroatoms. The lowest BCUT2D eigenvalue weighted by Crippen LogP contribution is -2.55. The lowest BCUT2D eigenvalue weighted by atomic mass is 9.71. The Balaban J connectivity index is 2.06. The molecule has 152 valence electrons. The van der Waals surface area contributed by atoms with Crippen molar-refractivity contribution in [2.45, 2.75) is 38.1 Å². The number of anilines is 1. The third-order valence-corrected chi connectivity index (χ3v) is 5.69. The highest BCUT2D eigenvalue weighted by molar-refractivity contribution is 6.31. The number of rotatable bonds is 8. The van der Waals surface area contributed by atoms with Gasteiger partial charge < -0.3 is 9.64 Å². The Labute approximate surface area is 173 Å². The first-order valence-electron chi connectivity index (χ1n) is 9.35. The summed E-state index contributed by atoms with van der Waals surface area (Å²) >= 11 is 6.31. The lowest BCUT2D eigenvalue weighted by molar-refractivity contribution is -0.384. The second-order valence-electron chi connectivity index (χ2n) is 7.00.